The minimum Gasteiger partial charge on any atom is -0.339 e. The zero-order valence-corrected chi connectivity index (χ0v) is 14.8. The third kappa shape index (κ3) is 3.75. The quantitative estimate of drug-likeness (QED) is 0.819. The summed E-state index contributed by atoms with van der Waals surface area (Å²) in [5.74, 6) is -0.0159. The zero-order chi connectivity index (χ0) is 18.0. The van der Waals surface area contributed by atoms with Gasteiger partial charge in [0.25, 0.3) is 0 Å². The lowest BCUT2D eigenvalue weighted by Crippen LogP contribution is -2.52. The van der Waals surface area contributed by atoms with Crippen molar-refractivity contribution in [1.82, 2.24) is 14.7 Å². The minimum atomic E-state index is -0.125. The molecule has 0 aromatic heterocycles. The van der Waals surface area contributed by atoms with Gasteiger partial charge in [0.1, 0.15) is 6.54 Å². The Balaban J connectivity index is 1.55. The van der Waals surface area contributed by atoms with E-state index in [9.17, 15) is 14.4 Å². The van der Waals surface area contributed by atoms with Gasteiger partial charge in [0, 0.05) is 51.9 Å². The molecule has 0 aliphatic carbocycles. The predicted molar refractivity (Wildman–Crippen MR) is 94.3 cm³/mol. The van der Waals surface area contributed by atoms with E-state index in [1.165, 1.54) is 0 Å². The van der Waals surface area contributed by atoms with Crippen LogP contribution < -0.4 is 4.90 Å². The molecule has 2 saturated heterocycles. The van der Waals surface area contributed by atoms with Crippen LogP contribution in [0.1, 0.15) is 12.5 Å². The van der Waals surface area contributed by atoms with Crippen molar-refractivity contribution >= 4 is 23.5 Å². The zero-order valence-electron chi connectivity index (χ0n) is 14.8. The predicted octanol–water partition coefficient (Wildman–Crippen LogP) is 0.928. The van der Waals surface area contributed by atoms with Crippen LogP contribution in [-0.2, 0) is 9.59 Å². The van der Waals surface area contributed by atoms with E-state index in [0.29, 0.717) is 39.3 Å². The first-order chi connectivity index (χ1) is 12.0. The second-order valence-electron chi connectivity index (χ2n) is 6.58. The van der Waals surface area contributed by atoms with Gasteiger partial charge in [-0.25, -0.2) is 4.79 Å². The summed E-state index contributed by atoms with van der Waals surface area (Å²) >= 11 is 0. The molecule has 7 heteroatoms. The Morgan fingerprint density at radius 2 is 1.52 bits per heavy atom. The first-order valence-corrected chi connectivity index (χ1v) is 8.62. The van der Waals surface area contributed by atoms with Gasteiger partial charge in [0.15, 0.2) is 0 Å². The monoisotopic (exact) mass is 344 g/mol. The van der Waals surface area contributed by atoms with Gasteiger partial charge in [-0.1, -0.05) is 17.7 Å². The summed E-state index contributed by atoms with van der Waals surface area (Å²) in [6, 6.07) is 7.69. The summed E-state index contributed by atoms with van der Waals surface area (Å²) in [5.41, 5.74) is 2.01. The molecule has 0 N–H and O–H groups in total. The van der Waals surface area contributed by atoms with Crippen LogP contribution in [0.5, 0.6) is 0 Å². The Hall–Kier alpha value is -2.57. The molecule has 0 spiro atoms. The number of benzene rings is 1. The Kier molecular flexibility index (Phi) is 4.92. The number of piperazine rings is 1. The minimum absolute atomic E-state index is 0.0376. The third-order valence-corrected chi connectivity index (χ3v) is 4.84. The summed E-state index contributed by atoms with van der Waals surface area (Å²) in [7, 11) is 0. The number of anilines is 1. The number of urea groups is 1. The lowest BCUT2D eigenvalue weighted by molar-refractivity contribution is -0.138. The van der Waals surface area contributed by atoms with E-state index in [1.54, 1.807) is 26.5 Å². The Morgan fingerprint density at radius 1 is 0.920 bits per heavy atom. The number of aryl methyl sites for hydroxylation is 1. The van der Waals surface area contributed by atoms with Crippen molar-refractivity contribution in [2.75, 3.05) is 50.7 Å². The average Bonchev–Trinajstić information content (AvgIpc) is 2.96. The van der Waals surface area contributed by atoms with E-state index in [1.807, 2.05) is 31.2 Å². The highest BCUT2D eigenvalue weighted by Crippen LogP contribution is 2.20. The molecule has 4 amide bonds. The second kappa shape index (κ2) is 7.13. The van der Waals surface area contributed by atoms with Crippen LogP contribution >= 0.6 is 0 Å². The van der Waals surface area contributed by atoms with E-state index < -0.39 is 0 Å². The van der Waals surface area contributed by atoms with E-state index in [-0.39, 0.29) is 24.4 Å². The molecule has 2 aliphatic heterocycles. The van der Waals surface area contributed by atoms with Crippen LogP contribution in [0.25, 0.3) is 0 Å². The van der Waals surface area contributed by atoms with Gasteiger partial charge >= 0.3 is 6.03 Å². The number of hydrogen-bond acceptors (Lipinski definition) is 3. The maximum absolute atomic E-state index is 12.6. The molecular weight excluding hydrogens is 320 g/mol. The summed E-state index contributed by atoms with van der Waals surface area (Å²) in [5, 5.41) is 0. The SMILES string of the molecule is CC(=O)N1CCN(C(=O)CN2CCN(c3ccc(C)cc3)C2=O)CC1. The smallest absolute Gasteiger partial charge is 0.325 e. The highest BCUT2D eigenvalue weighted by molar-refractivity contribution is 5.96. The van der Waals surface area contributed by atoms with Crippen molar-refractivity contribution in [3.63, 3.8) is 0 Å². The molecule has 2 aliphatic rings. The van der Waals surface area contributed by atoms with Crippen molar-refractivity contribution in [3.8, 4) is 0 Å². The highest BCUT2D eigenvalue weighted by Gasteiger charge is 2.32. The largest absolute Gasteiger partial charge is 0.339 e. The number of rotatable bonds is 3. The van der Waals surface area contributed by atoms with Crippen LogP contribution in [0.15, 0.2) is 24.3 Å². The normalized spacial score (nSPS) is 18.1. The molecule has 2 heterocycles. The van der Waals surface area contributed by atoms with Gasteiger partial charge in [0.2, 0.25) is 11.8 Å². The summed E-state index contributed by atoms with van der Waals surface area (Å²) < 4.78 is 0. The summed E-state index contributed by atoms with van der Waals surface area (Å²) in [6.45, 7) is 6.96. The molecule has 7 nitrogen and oxygen atoms in total. The molecule has 0 atom stereocenters. The van der Waals surface area contributed by atoms with Crippen molar-refractivity contribution in [2.45, 2.75) is 13.8 Å². The van der Waals surface area contributed by atoms with E-state index in [4.69, 9.17) is 0 Å². The fourth-order valence-electron chi connectivity index (χ4n) is 3.23. The molecule has 25 heavy (non-hydrogen) atoms. The standard InChI is InChI=1S/C18H24N4O3/c1-14-3-5-16(6-4-14)22-12-11-21(18(22)25)13-17(24)20-9-7-19(8-10-20)15(2)23/h3-6H,7-13H2,1-2H3. The molecule has 0 unspecified atom stereocenters. The molecular formula is C18H24N4O3. The highest BCUT2D eigenvalue weighted by atomic mass is 16.2. The molecule has 0 bridgehead atoms. The van der Waals surface area contributed by atoms with Crippen LogP contribution in [0.2, 0.25) is 0 Å². The fraction of sp³-hybridized carbons (Fsp3) is 0.500. The lowest BCUT2D eigenvalue weighted by Gasteiger charge is -2.34. The lowest BCUT2D eigenvalue weighted by atomic mass is 10.2. The average molecular weight is 344 g/mol. The molecule has 134 valence electrons. The van der Waals surface area contributed by atoms with E-state index in [0.717, 1.165) is 11.3 Å². The Labute approximate surface area is 147 Å². The topological polar surface area (TPSA) is 64.2 Å². The summed E-state index contributed by atoms with van der Waals surface area (Å²) in [4.78, 5) is 43.2. The van der Waals surface area contributed by atoms with E-state index >= 15 is 0 Å². The number of hydrogen-bond donors (Lipinski definition) is 0. The van der Waals surface area contributed by atoms with Crippen LogP contribution in [-0.4, -0.2) is 78.4 Å². The van der Waals surface area contributed by atoms with Crippen molar-refractivity contribution in [1.29, 1.82) is 0 Å². The third-order valence-electron chi connectivity index (χ3n) is 4.84. The van der Waals surface area contributed by atoms with Crippen molar-refractivity contribution in [2.24, 2.45) is 0 Å². The maximum Gasteiger partial charge on any atom is 0.325 e. The van der Waals surface area contributed by atoms with E-state index in [2.05, 4.69) is 0 Å². The first kappa shape index (κ1) is 17.3. The molecule has 3 rings (SSSR count). The maximum atomic E-state index is 12.6. The van der Waals surface area contributed by atoms with Gasteiger partial charge in [-0.15, -0.1) is 0 Å². The Morgan fingerprint density at radius 3 is 2.12 bits per heavy atom. The molecule has 0 saturated carbocycles. The first-order valence-electron chi connectivity index (χ1n) is 8.62. The molecule has 2 fully saturated rings. The van der Waals surface area contributed by atoms with Crippen LogP contribution in [0.4, 0.5) is 10.5 Å². The van der Waals surface area contributed by atoms with Crippen molar-refractivity contribution < 1.29 is 14.4 Å². The Bertz CT molecular complexity index is 665. The van der Waals surface area contributed by atoms with Gasteiger partial charge in [-0.05, 0) is 19.1 Å². The van der Waals surface area contributed by atoms with Crippen LogP contribution in [0.3, 0.4) is 0 Å². The molecule has 1 aromatic rings. The number of nitrogens with zero attached hydrogens (tertiary/aromatic N) is 4. The van der Waals surface area contributed by atoms with Gasteiger partial charge in [-0.3, -0.25) is 14.5 Å². The number of amides is 4. The van der Waals surface area contributed by atoms with Crippen LogP contribution in [0, 0.1) is 6.92 Å². The number of carbonyl (C=O) groups excluding carboxylic acids is 3. The molecule has 1 aromatic carbocycles. The summed E-state index contributed by atoms with van der Waals surface area (Å²) in [6.07, 6.45) is 0. The van der Waals surface area contributed by atoms with Gasteiger partial charge < -0.3 is 14.7 Å². The van der Waals surface area contributed by atoms with Crippen molar-refractivity contribution in [3.05, 3.63) is 29.8 Å². The van der Waals surface area contributed by atoms with Gasteiger partial charge in [0.05, 0.1) is 0 Å². The second-order valence-corrected chi connectivity index (χ2v) is 6.58. The molecule has 0 radical (unpaired) electrons. The number of carbonyl (C=O) groups is 3. The van der Waals surface area contributed by atoms with Gasteiger partial charge in [-0.2, -0.15) is 0 Å². The fourth-order valence-corrected chi connectivity index (χ4v) is 3.23.